The van der Waals surface area contributed by atoms with Crippen molar-refractivity contribution in [1.29, 1.82) is 0 Å². The van der Waals surface area contributed by atoms with Gasteiger partial charge in [-0.2, -0.15) is 0 Å². The molecule has 2 N–H and O–H groups in total. The quantitative estimate of drug-likeness (QED) is 0.744. The lowest BCUT2D eigenvalue weighted by molar-refractivity contribution is 0.0314. The Labute approximate surface area is 107 Å². The molecule has 2 aliphatic rings. The molecule has 2 rings (SSSR count). The van der Waals surface area contributed by atoms with Crippen molar-refractivity contribution in [3.8, 4) is 0 Å². The minimum atomic E-state index is -0.512. The minimum Gasteiger partial charge on any atom is -0.444 e. The maximum Gasteiger partial charge on any atom is 0.407 e. The third kappa shape index (κ3) is 2.67. The molecule has 2 heterocycles. The van der Waals surface area contributed by atoms with E-state index in [0.29, 0.717) is 6.54 Å². The number of fused-ring (bicyclic) bond motifs is 2. The summed E-state index contributed by atoms with van der Waals surface area (Å²) in [5.74, 6) is 0. The van der Waals surface area contributed by atoms with Crippen LogP contribution in [-0.2, 0) is 9.47 Å². The van der Waals surface area contributed by atoms with Crippen LogP contribution < -0.4 is 5.32 Å². The Morgan fingerprint density at radius 2 is 2.28 bits per heavy atom. The maximum absolute atomic E-state index is 11.6. The van der Waals surface area contributed by atoms with E-state index in [1.807, 2.05) is 32.9 Å². The van der Waals surface area contributed by atoms with Crippen molar-refractivity contribution in [1.82, 2.24) is 5.32 Å². The van der Waals surface area contributed by atoms with Crippen molar-refractivity contribution in [2.24, 2.45) is 5.41 Å². The van der Waals surface area contributed by atoms with E-state index >= 15 is 0 Å². The van der Waals surface area contributed by atoms with Gasteiger partial charge in [-0.15, -0.1) is 0 Å². The van der Waals surface area contributed by atoms with E-state index in [1.165, 1.54) is 0 Å². The van der Waals surface area contributed by atoms with E-state index in [9.17, 15) is 9.90 Å². The van der Waals surface area contributed by atoms with Crippen LogP contribution in [0.15, 0.2) is 12.2 Å². The molecule has 0 aromatic rings. The van der Waals surface area contributed by atoms with Crippen molar-refractivity contribution in [2.75, 3.05) is 13.2 Å². The number of nitrogens with one attached hydrogen (secondary N) is 1. The summed E-state index contributed by atoms with van der Waals surface area (Å²) in [5, 5.41) is 12.3. The van der Waals surface area contributed by atoms with Crippen LogP contribution in [0, 0.1) is 5.41 Å². The molecule has 0 aromatic carbocycles. The van der Waals surface area contributed by atoms with Crippen molar-refractivity contribution < 1.29 is 19.4 Å². The number of hydrogen-bond donors (Lipinski definition) is 2. The smallest absolute Gasteiger partial charge is 0.407 e. The van der Waals surface area contributed by atoms with E-state index in [1.54, 1.807) is 0 Å². The zero-order valence-corrected chi connectivity index (χ0v) is 11.1. The molecule has 1 fully saturated rings. The fraction of sp³-hybridized carbons (Fsp3) is 0.769. The summed E-state index contributed by atoms with van der Waals surface area (Å²) in [6.07, 6.45) is 4.21. The van der Waals surface area contributed by atoms with Crippen molar-refractivity contribution >= 4 is 6.09 Å². The zero-order chi connectivity index (χ0) is 13.4. The number of aliphatic hydroxyl groups excluding tert-OH is 1. The Balaban J connectivity index is 1.89. The molecule has 0 aliphatic carbocycles. The number of alkyl carbamates (subject to hydrolysis) is 1. The van der Waals surface area contributed by atoms with Crippen LogP contribution in [0.1, 0.15) is 27.2 Å². The standard InChI is InChI=1S/C13H21NO4/c1-12(2,3)18-11(16)14-7-13(8-15)6-9-4-5-10(13)17-9/h4-5,9-10,15H,6-8H2,1-3H3,(H,14,16). The molecule has 102 valence electrons. The average Bonchev–Trinajstić information content (AvgIpc) is 2.84. The van der Waals surface area contributed by atoms with Gasteiger partial charge in [-0.25, -0.2) is 4.79 Å². The highest BCUT2D eigenvalue weighted by atomic mass is 16.6. The highest BCUT2D eigenvalue weighted by Crippen LogP contribution is 2.43. The lowest BCUT2D eigenvalue weighted by atomic mass is 9.77. The normalized spacial score (nSPS) is 33.8. The van der Waals surface area contributed by atoms with Gasteiger partial charge in [0.2, 0.25) is 0 Å². The highest BCUT2D eigenvalue weighted by Gasteiger charge is 2.49. The second kappa shape index (κ2) is 4.55. The molecule has 1 saturated heterocycles. The summed E-state index contributed by atoms with van der Waals surface area (Å²) in [5.41, 5.74) is -0.919. The zero-order valence-electron chi connectivity index (χ0n) is 11.1. The summed E-state index contributed by atoms with van der Waals surface area (Å²) in [7, 11) is 0. The van der Waals surface area contributed by atoms with Gasteiger partial charge in [0, 0.05) is 12.0 Å². The monoisotopic (exact) mass is 255 g/mol. The molecular formula is C13H21NO4. The fourth-order valence-corrected chi connectivity index (χ4v) is 2.43. The molecule has 0 saturated carbocycles. The second-order valence-electron chi connectivity index (χ2n) is 6.06. The third-order valence-electron chi connectivity index (χ3n) is 3.33. The fourth-order valence-electron chi connectivity index (χ4n) is 2.43. The Hall–Kier alpha value is -1.07. The molecule has 0 radical (unpaired) electrons. The van der Waals surface area contributed by atoms with E-state index in [4.69, 9.17) is 9.47 Å². The molecule has 5 nitrogen and oxygen atoms in total. The van der Waals surface area contributed by atoms with Crippen LogP contribution in [0.25, 0.3) is 0 Å². The van der Waals surface area contributed by atoms with E-state index < -0.39 is 17.1 Å². The molecule has 18 heavy (non-hydrogen) atoms. The molecule has 0 spiro atoms. The number of hydrogen-bond acceptors (Lipinski definition) is 4. The van der Waals surface area contributed by atoms with E-state index in [-0.39, 0.29) is 18.8 Å². The number of carbonyl (C=O) groups is 1. The molecular weight excluding hydrogens is 234 g/mol. The van der Waals surface area contributed by atoms with Gasteiger partial charge in [-0.3, -0.25) is 0 Å². The first kappa shape index (κ1) is 13.4. The van der Waals surface area contributed by atoms with Gasteiger partial charge >= 0.3 is 6.09 Å². The minimum absolute atomic E-state index is 0.00565. The van der Waals surface area contributed by atoms with E-state index in [2.05, 4.69) is 5.32 Å². The number of rotatable bonds is 3. The first-order valence-electron chi connectivity index (χ1n) is 6.26. The van der Waals surface area contributed by atoms with E-state index in [0.717, 1.165) is 6.42 Å². The lowest BCUT2D eigenvalue weighted by Crippen LogP contribution is -2.46. The Kier molecular flexibility index (Phi) is 3.38. The highest BCUT2D eigenvalue weighted by molar-refractivity contribution is 5.67. The van der Waals surface area contributed by atoms with Gasteiger partial charge in [-0.05, 0) is 27.2 Å². The van der Waals surface area contributed by atoms with Crippen LogP contribution in [0.5, 0.6) is 0 Å². The predicted molar refractivity (Wildman–Crippen MR) is 66.2 cm³/mol. The summed E-state index contributed by atoms with van der Waals surface area (Å²) in [4.78, 5) is 11.6. The molecule has 3 unspecified atom stereocenters. The molecule has 2 aliphatic heterocycles. The molecule has 5 heteroatoms. The van der Waals surface area contributed by atoms with Crippen LogP contribution in [0.3, 0.4) is 0 Å². The number of amides is 1. The van der Waals surface area contributed by atoms with Gasteiger partial charge in [-0.1, -0.05) is 12.2 Å². The third-order valence-corrected chi connectivity index (χ3v) is 3.33. The lowest BCUT2D eigenvalue weighted by Gasteiger charge is -2.31. The first-order valence-corrected chi connectivity index (χ1v) is 6.26. The van der Waals surface area contributed by atoms with Gasteiger partial charge in [0.25, 0.3) is 0 Å². The largest absolute Gasteiger partial charge is 0.444 e. The first-order chi connectivity index (χ1) is 8.35. The van der Waals surface area contributed by atoms with Crippen molar-refractivity contribution in [3.05, 3.63) is 12.2 Å². The van der Waals surface area contributed by atoms with Crippen LogP contribution in [0.2, 0.25) is 0 Å². The predicted octanol–water partition coefficient (Wildman–Crippen LogP) is 1.22. The van der Waals surface area contributed by atoms with Gasteiger partial charge in [0.15, 0.2) is 0 Å². The Bertz CT molecular complexity index is 360. The van der Waals surface area contributed by atoms with Gasteiger partial charge < -0.3 is 19.9 Å². The molecule has 0 aromatic heterocycles. The van der Waals surface area contributed by atoms with Gasteiger partial charge in [0.05, 0.1) is 18.8 Å². The van der Waals surface area contributed by atoms with Crippen molar-refractivity contribution in [2.45, 2.75) is 45.0 Å². The Morgan fingerprint density at radius 1 is 1.56 bits per heavy atom. The maximum atomic E-state index is 11.6. The van der Waals surface area contributed by atoms with Crippen LogP contribution >= 0.6 is 0 Å². The number of carbonyl (C=O) groups excluding carboxylic acids is 1. The molecule has 3 atom stereocenters. The Morgan fingerprint density at radius 3 is 2.72 bits per heavy atom. The van der Waals surface area contributed by atoms with Crippen molar-refractivity contribution in [3.63, 3.8) is 0 Å². The second-order valence-corrected chi connectivity index (χ2v) is 6.06. The number of aliphatic hydroxyl groups is 1. The SMILES string of the molecule is CC(C)(C)OC(=O)NCC1(CO)CC2C=CC1O2. The summed E-state index contributed by atoms with van der Waals surface area (Å²) < 4.78 is 10.8. The summed E-state index contributed by atoms with van der Waals surface area (Å²) in [6.45, 7) is 5.81. The summed E-state index contributed by atoms with van der Waals surface area (Å²) in [6, 6.07) is 0. The average molecular weight is 255 g/mol. The summed E-state index contributed by atoms with van der Waals surface area (Å²) >= 11 is 0. The van der Waals surface area contributed by atoms with Gasteiger partial charge in [0.1, 0.15) is 5.60 Å². The molecule has 2 bridgehead atoms. The molecule has 1 amide bonds. The van der Waals surface area contributed by atoms with Crippen LogP contribution in [-0.4, -0.2) is 42.2 Å². The number of ether oxygens (including phenoxy) is 2. The van der Waals surface area contributed by atoms with Crippen LogP contribution in [0.4, 0.5) is 4.79 Å². The topological polar surface area (TPSA) is 67.8 Å².